The molecule has 0 aliphatic rings. The Morgan fingerprint density at radius 3 is 2.63 bits per heavy atom. The smallest absolute Gasteiger partial charge is 0.306 e. The van der Waals surface area contributed by atoms with Gasteiger partial charge in [-0.05, 0) is 44.6 Å². The molecule has 2 N–H and O–H groups in total. The van der Waals surface area contributed by atoms with E-state index in [9.17, 15) is 4.79 Å². The SMILES string of the molecule is CC(C)OC(=O)CCCNC(=S)Nc1ccccc1. The highest BCUT2D eigenvalue weighted by atomic mass is 32.1. The number of esters is 1. The van der Waals surface area contributed by atoms with Crippen LogP contribution in [0.15, 0.2) is 30.3 Å². The van der Waals surface area contributed by atoms with Gasteiger partial charge in [-0.3, -0.25) is 4.79 Å². The lowest BCUT2D eigenvalue weighted by Gasteiger charge is -2.11. The van der Waals surface area contributed by atoms with E-state index in [2.05, 4.69) is 10.6 Å². The standard InChI is InChI=1S/C14H20N2O2S/c1-11(2)18-13(17)9-6-10-15-14(19)16-12-7-4-3-5-8-12/h3-5,7-8,11H,6,9-10H2,1-2H3,(H2,15,16,19). The van der Waals surface area contributed by atoms with E-state index in [4.69, 9.17) is 17.0 Å². The summed E-state index contributed by atoms with van der Waals surface area (Å²) in [6.45, 7) is 4.33. The highest BCUT2D eigenvalue weighted by Crippen LogP contribution is 2.04. The summed E-state index contributed by atoms with van der Waals surface area (Å²) in [5.74, 6) is -0.168. The number of carbonyl (C=O) groups excluding carboxylic acids is 1. The lowest BCUT2D eigenvalue weighted by Crippen LogP contribution is -2.29. The number of hydrogen-bond donors (Lipinski definition) is 2. The number of para-hydroxylation sites is 1. The van der Waals surface area contributed by atoms with Gasteiger partial charge in [-0.25, -0.2) is 0 Å². The number of rotatable bonds is 6. The first-order valence-corrected chi connectivity index (χ1v) is 6.78. The van der Waals surface area contributed by atoms with Gasteiger partial charge in [0.2, 0.25) is 0 Å². The first-order chi connectivity index (χ1) is 9.08. The van der Waals surface area contributed by atoms with E-state index in [1.165, 1.54) is 0 Å². The molecule has 0 spiro atoms. The van der Waals surface area contributed by atoms with Gasteiger partial charge in [-0.15, -0.1) is 0 Å². The fourth-order valence-corrected chi connectivity index (χ4v) is 1.67. The van der Waals surface area contributed by atoms with E-state index in [1.54, 1.807) is 0 Å². The number of thiocarbonyl (C=S) groups is 1. The summed E-state index contributed by atoms with van der Waals surface area (Å²) in [5, 5.41) is 6.68. The summed E-state index contributed by atoms with van der Waals surface area (Å²) in [5.41, 5.74) is 0.944. The molecule has 104 valence electrons. The van der Waals surface area contributed by atoms with Gasteiger partial charge in [0.05, 0.1) is 6.10 Å². The van der Waals surface area contributed by atoms with Crippen molar-refractivity contribution in [3.05, 3.63) is 30.3 Å². The van der Waals surface area contributed by atoms with Crippen molar-refractivity contribution in [3.63, 3.8) is 0 Å². The van der Waals surface area contributed by atoms with E-state index in [0.29, 0.717) is 24.5 Å². The summed E-state index contributed by atoms with van der Waals surface area (Å²) in [6.07, 6.45) is 1.04. The monoisotopic (exact) mass is 280 g/mol. The normalized spacial score (nSPS) is 10.1. The van der Waals surface area contributed by atoms with Gasteiger partial charge in [-0.2, -0.15) is 0 Å². The third-order valence-corrected chi connectivity index (χ3v) is 2.49. The molecule has 0 saturated carbocycles. The predicted octanol–water partition coefficient (Wildman–Crippen LogP) is 2.70. The Morgan fingerprint density at radius 2 is 2.00 bits per heavy atom. The average molecular weight is 280 g/mol. The number of hydrogen-bond acceptors (Lipinski definition) is 3. The maximum Gasteiger partial charge on any atom is 0.306 e. The number of ether oxygens (including phenoxy) is 1. The zero-order chi connectivity index (χ0) is 14.1. The van der Waals surface area contributed by atoms with Crippen molar-refractivity contribution in [2.45, 2.75) is 32.8 Å². The van der Waals surface area contributed by atoms with Crippen molar-refractivity contribution < 1.29 is 9.53 Å². The topological polar surface area (TPSA) is 50.4 Å². The predicted molar refractivity (Wildman–Crippen MR) is 81.1 cm³/mol. The highest BCUT2D eigenvalue weighted by Gasteiger charge is 2.04. The van der Waals surface area contributed by atoms with E-state index in [0.717, 1.165) is 5.69 Å². The Kier molecular flexibility index (Phi) is 6.89. The molecule has 4 nitrogen and oxygen atoms in total. The molecule has 0 heterocycles. The molecule has 1 aromatic rings. The third kappa shape index (κ3) is 7.41. The van der Waals surface area contributed by atoms with Crippen molar-refractivity contribution in [2.75, 3.05) is 11.9 Å². The van der Waals surface area contributed by atoms with Crippen LogP contribution in [-0.2, 0) is 9.53 Å². The molecule has 0 aliphatic heterocycles. The third-order valence-electron chi connectivity index (χ3n) is 2.24. The Balaban J connectivity index is 2.13. The van der Waals surface area contributed by atoms with Gasteiger partial charge >= 0.3 is 5.97 Å². The Labute approximate surface area is 119 Å². The summed E-state index contributed by atoms with van der Waals surface area (Å²) in [7, 11) is 0. The zero-order valence-electron chi connectivity index (χ0n) is 11.3. The quantitative estimate of drug-likeness (QED) is 0.477. The molecule has 0 amide bonds. The second-order valence-electron chi connectivity index (χ2n) is 4.39. The van der Waals surface area contributed by atoms with Gasteiger partial charge in [0.25, 0.3) is 0 Å². The lowest BCUT2D eigenvalue weighted by molar-refractivity contribution is -0.147. The van der Waals surface area contributed by atoms with Crippen molar-refractivity contribution in [1.29, 1.82) is 0 Å². The fourth-order valence-electron chi connectivity index (χ4n) is 1.45. The maximum absolute atomic E-state index is 11.3. The van der Waals surface area contributed by atoms with Gasteiger partial charge < -0.3 is 15.4 Å². The van der Waals surface area contributed by atoms with Gasteiger partial charge in [0, 0.05) is 18.7 Å². The van der Waals surface area contributed by atoms with Crippen LogP contribution in [0.5, 0.6) is 0 Å². The van der Waals surface area contributed by atoms with Crippen LogP contribution in [0.4, 0.5) is 5.69 Å². The Bertz CT molecular complexity index is 407. The molecular weight excluding hydrogens is 260 g/mol. The molecule has 0 atom stereocenters. The first-order valence-electron chi connectivity index (χ1n) is 6.37. The van der Waals surface area contributed by atoms with E-state index >= 15 is 0 Å². The molecule has 5 heteroatoms. The van der Waals surface area contributed by atoms with E-state index < -0.39 is 0 Å². The number of carbonyl (C=O) groups is 1. The minimum Gasteiger partial charge on any atom is -0.463 e. The molecule has 0 aliphatic carbocycles. The van der Waals surface area contributed by atoms with Crippen molar-refractivity contribution in [2.24, 2.45) is 0 Å². The van der Waals surface area contributed by atoms with Crippen LogP contribution in [0.25, 0.3) is 0 Å². The second-order valence-corrected chi connectivity index (χ2v) is 4.80. The molecular formula is C14H20N2O2S. The van der Waals surface area contributed by atoms with Crippen LogP contribution in [0, 0.1) is 0 Å². The second kappa shape index (κ2) is 8.48. The van der Waals surface area contributed by atoms with E-state index in [1.807, 2.05) is 44.2 Å². The fraction of sp³-hybridized carbons (Fsp3) is 0.429. The molecule has 0 aromatic heterocycles. The molecule has 0 saturated heterocycles. The van der Waals surface area contributed by atoms with Crippen LogP contribution in [-0.4, -0.2) is 23.7 Å². The lowest BCUT2D eigenvalue weighted by atomic mass is 10.3. The molecule has 1 aromatic carbocycles. The summed E-state index contributed by atoms with van der Waals surface area (Å²) in [4.78, 5) is 11.3. The molecule has 0 unspecified atom stereocenters. The minimum atomic E-state index is -0.168. The number of benzene rings is 1. The van der Waals surface area contributed by atoms with Crippen molar-refractivity contribution in [3.8, 4) is 0 Å². The largest absolute Gasteiger partial charge is 0.463 e. The molecule has 0 radical (unpaired) electrons. The van der Waals surface area contributed by atoms with Gasteiger partial charge in [0.1, 0.15) is 0 Å². The minimum absolute atomic E-state index is 0.0544. The molecule has 0 bridgehead atoms. The van der Waals surface area contributed by atoms with Crippen LogP contribution in [0.2, 0.25) is 0 Å². The Hall–Kier alpha value is -1.62. The van der Waals surface area contributed by atoms with Gasteiger partial charge in [0.15, 0.2) is 5.11 Å². The molecule has 1 rings (SSSR count). The van der Waals surface area contributed by atoms with E-state index in [-0.39, 0.29) is 12.1 Å². The van der Waals surface area contributed by atoms with Crippen molar-refractivity contribution in [1.82, 2.24) is 5.32 Å². The molecule has 19 heavy (non-hydrogen) atoms. The van der Waals surface area contributed by atoms with Crippen LogP contribution >= 0.6 is 12.2 Å². The molecule has 0 fully saturated rings. The summed E-state index contributed by atoms with van der Waals surface area (Å²) < 4.78 is 5.04. The Morgan fingerprint density at radius 1 is 1.32 bits per heavy atom. The van der Waals surface area contributed by atoms with Crippen molar-refractivity contribution >= 4 is 29.0 Å². The van der Waals surface area contributed by atoms with Crippen LogP contribution < -0.4 is 10.6 Å². The number of nitrogens with one attached hydrogen (secondary N) is 2. The van der Waals surface area contributed by atoms with Crippen LogP contribution in [0.3, 0.4) is 0 Å². The first kappa shape index (κ1) is 15.4. The zero-order valence-corrected chi connectivity index (χ0v) is 12.1. The van der Waals surface area contributed by atoms with Gasteiger partial charge in [-0.1, -0.05) is 18.2 Å². The summed E-state index contributed by atoms with van der Waals surface area (Å²) in [6, 6.07) is 9.70. The average Bonchev–Trinajstić information content (AvgIpc) is 2.35. The highest BCUT2D eigenvalue weighted by molar-refractivity contribution is 7.80. The maximum atomic E-state index is 11.3. The summed E-state index contributed by atoms with van der Waals surface area (Å²) >= 11 is 5.15. The number of anilines is 1. The van der Waals surface area contributed by atoms with Crippen LogP contribution in [0.1, 0.15) is 26.7 Å².